The molecule has 0 unspecified atom stereocenters. The maximum Gasteiger partial charge on any atom is 0.244 e. The molecule has 35 heavy (non-hydrogen) atoms. The summed E-state index contributed by atoms with van der Waals surface area (Å²) in [7, 11) is -1.34. The van der Waals surface area contributed by atoms with E-state index < -0.39 is 31.9 Å². The van der Waals surface area contributed by atoms with Gasteiger partial charge in [-0.2, -0.15) is 0 Å². The van der Waals surface area contributed by atoms with E-state index in [1.807, 2.05) is 0 Å². The van der Waals surface area contributed by atoms with E-state index in [1.165, 1.54) is 24.9 Å². The summed E-state index contributed by atoms with van der Waals surface area (Å²) < 4.78 is 51.6. The number of nitrogens with one attached hydrogen (secondary N) is 1. The molecule has 0 fully saturated rings. The summed E-state index contributed by atoms with van der Waals surface area (Å²) in [5, 5.41) is 2.85. The standard InChI is InChI=1S/C25H21FN2O6S/c1-33-17-9-12-22(34-2)20(13-17)27-24(29)15-28-14-23(25(30)19-5-3-4-6-21(19)28)35(31,32)18-10-7-16(26)8-11-18/h3-14H,15H2,1-2H3,(H,27,29). The molecule has 10 heteroatoms. The van der Waals surface area contributed by atoms with E-state index in [0.717, 1.165) is 30.5 Å². The molecule has 0 atom stereocenters. The fourth-order valence-electron chi connectivity index (χ4n) is 3.64. The fraction of sp³-hybridized carbons (Fsp3) is 0.120. The lowest BCUT2D eigenvalue weighted by Gasteiger charge is -2.15. The molecular weight excluding hydrogens is 475 g/mol. The number of sulfone groups is 1. The van der Waals surface area contributed by atoms with E-state index in [-0.39, 0.29) is 16.8 Å². The first-order valence-corrected chi connectivity index (χ1v) is 11.9. The number of rotatable bonds is 7. The maximum absolute atomic E-state index is 13.3. The summed E-state index contributed by atoms with van der Waals surface area (Å²) in [6.07, 6.45) is 1.13. The number of nitrogens with zero attached hydrogens (tertiary/aromatic N) is 1. The van der Waals surface area contributed by atoms with Crippen molar-refractivity contribution in [2.75, 3.05) is 19.5 Å². The van der Waals surface area contributed by atoms with Crippen molar-refractivity contribution in [3.8, 4) is 11.5 Å². The van der Waals surface area contributed by atoms with Crippen LogP contribution in [0.5, 0.6) is 11.5 Å². The van der Waals surface area contributed by atoms with Crippen LogP contribution in [0.4, 0.5) is 10.1 Å². The van der Waals surface area contributed by atoms with E-state index in [2.05, 4.69) is 5.32 Å². The van der Waals surface area contributed by atoms with Gasteiger partial charge in [0.05, 0.1) is 30.3 Å². The largest absolute Gasteiger partial charge is 0.497 e. The Morgan fingerprint density at radius 3 is 2.40 bits per heavy atom. The molecule has 1 heterocycles. The molecule has 0 saturated carbocycles. The zero-order valence-electron chi connectivity index (χ0n) is 18.8. The number of hydrogen-bond acceptors (Lipinski definition) is 6. The van der Waals surface area contributed by atoms with Crippen LogP contribution >= 0.6 is 0 Å². The van der Waals surface area contributed by atoms with Crippen LogP contribution in [0.2, 0.25) is 0 Å². The molecule has 1 aromatic heterocycles. The average molecular weight is 497 g/mol. The Morgan fingerprint density at radius 1 is 1.00 bits per heavy atom. The number of amides is 1. The average Bonchev–Trinajstić information content (AvgIpc) is 2.85. The first-order chi connectivity index (χ1) is 16.7. The third kappa shape index (κ3) is 4.73. The van der Waals surface area contributed by atoms with Gasteiger partial charge < -0.3 is 19.4 Å². The molecule has 0 radical (unpaired) electrons. The summed E-state index contributed by atoms with van der Waals surface area (Å²) in [6.45, 7) is -0.299. The van der Waals surface area contributed by atoms with Gasteiger partial charge >= 0.3 is 0 Å². The van der Waals surface area contributed by atoms with Crippen LogP contribution in [0.25, 0.3) is 10.9 Å². The van der Waals surface area contributed by atoms with Gasteiger partial charge in [0.1, 0.15) is 28.8 Å². The third-order valence-corrected chi connectivity index (χ3v) is 7.13. The number of fused-ring (bicyclic) bond motifs is 1. The molecule has 4 aromatic rings. The minimum Gasteiger partial charge on any atom is -0.497 e. The highest BCUT2D eigenvalue weighted by molar-refractivity contribution is 7.91. The Bertz CT molecular complexity index is 1580. The van der Waals surface area contributed by atoms with Crippen molar-refractivity contribution in [3.05, 3.63) is 89.0 Å². The minimum absolute atomic E-state index is 0.127. The van der Waals surface area contributed by atoms with Gasteiger partial charge in [0.25, 0.3) is 0 Å². The van der Waals surface area contributed by atoms with Crippen LogP contribution in [-0.2, 0) is 21.2 Å². The molecule has 0 aliphatic carbocycles. The van der Waals surface area contributed by atoms with Gasteiger partial charge in [-0.05, 0) is 48.5 Å². The molecule has 0 spiro atoms. The van der Waals surface area contributed by atoms with Crippen molar-refractivity contribution in [3.63, 3.8) is 0 Å². The van der Waals surface area contributed by atoms with Gasteiger partial charge in [-0.15, -0.1) is 0 Å². The van der Waals surface area contributed by atoms with E-state index in [0.29, 0.717) is 22.7 Å². The smallest absolute Gasteiger partial charge is 0.244 e. The fourth-order valence-corrected chi connectivity index (χ4v) is 5.01. The van der Waals surface area contributed by atoms with E-state index in [4.69, 9.17) is 9.47 Å². The SMILES string of the molecule is COc1ccc(OC)c(NC(=O)Cn2cc(S(=O)(=O)c3ccc(F)cc3)c(=O)c3ccccc32)c1. The van der Waals surface area contributed by atoms with Crippen molar-refractivity contribution in [1.29, 1.82) is 0 Å². The summed E-state index contributed by atoms with van der Waals surface area (Å²) in [5.41, 5.74) is 0.0284. The number of pyridine rings is 1. The Labute approximate surface area is 200 Å². The van der Waals surface area contributed by atoms with Crippen molar-refractivity contribution >= 4 is 32.3 Å². The highest BCUT2D eigenvalue weighted by Crippen LogP contribution is 2.29. The zero-order valence-corrected chi connectivity index (χ0v) is 19.6. The Morgan fingerprint density at radius 2 is 1.71 bits per heavy atom. The number of hydrogen-bond donors (Lipinski definition) is 1. The van der Waals surface area contributed by atoms with Crippen LogP contribution in [-0.4, -0.2) is 33.1 Å². The van der Waals surface area contributed by atoms with Crippen LogP contribution < -0.4 is 20.2 Å². The number of benzene rings is 3. The first-order valence-electron chi connectivity index (χ1n) is 10.4. The summed E-state index contributed by atoms with van der Waals surface area (Å²) >= 11 is 0. The Balaban J connectivity index is 1.77. The topological polar surface area (TPSA) is 104 Å². The lowest BCUT2D eigenvalue weighted by atomic mass is 10.2. The number of carbonyl (C=O) groups excluding carboxylic acids is 1. The van der Waals surface area contributed by atoms with Gasteiger partial charge in [-0.1, -0.05) is 12.1 Å². The molecule has 1 N–H and O–H groups in total. The molecule has 0 aliphatic rings. The number of halogens is 1. The second-order valence-electron chi connectivity index (χ2n) is 7.54. The maximum atomic E-state index is 13.3. The number of ether oxygens (including phenoxy) is 2. The summed E-state index contributed by atoms with van der Waals surface area (Å²) in [6, 6.07) is 15.5. The number of anilines is 1. The van der Waals surface area contributed by atoms with Gasteiger partial charge in [-0.25, -0.2) is 12.8 Å². The van der Waals surface area contributed by atoms with Crippen molar-refractivity contribution in [2.45, 2.75) is 16.3 Å². The Kier molecular flexibility index (Phi) is 6.57. The molecule has 0 bridgehead atoms. The van der Waals surface area contributed by atoms with Crippen LogP contribution in [0.15, 0.2) is 87.5 Å². The monoisotopic (exact) mass is 496 g/mol. The molecule has 0 aliphatic heterocycles. The number of carbonyl (C=O) groups is 1. The third-order valence-electron chi connectivity index (χ3n) is 5.36. The molecule has 3 aromatic carbocycles. The van der Waals surface area contributed by atoms with Gasteiger partial charge in [0.2, 0.25) is 21.2 Å². The predicted octanol–water partition coefficient (Wildman–Crippen LogP) is 3.63. The molecule has 8 nitrogen and oxygen atoms in total. The highest BCUT2D eigenvalue weighted by atomic mass is 32.2. The van der Waals surface area contributed by atoms with E-state index in [9.17, 15) is 22.4 Å². The second kappa shape index (κ2) is 9.59. The lowest BCUT2D eigenvalue weighted by molar-refractivity contribution is -0.116. The second-order valence-corrected chi connectivity index (χ2v) is 9.46. The van der Waals surface area contributed by atoms with Crippen LogP contribution in [0.3, 0.4) is 0 Å². The number of aromatic nitrogens is 1. The minimum atomic E-state index is -4.28. The molecule has 4 rings (SSSR count). The van der Waals surface area contributed by atoms with Gasteiger partial charge in [0.15, 0.2) is 0 Å². The number of para-hydroxylation sites is 1. The van der Waals surface area contributed by atoms with Gasteiger partial charge in [-0.3, -0.25) is 9.59 Å². The van der Waals surface area contributed by atoms with Crippen LogP contribution in [0, 0.1) is 5.82 Å². The number of methoxy groups -OCH3 is 2. The van der Waals surface area contributed by atoms with Crippen LogP contribution in [0.1, 0.15) is 0 Å². The molecule has 180 valence electrons. The van der Waals surface area contributed by atoms with Gasteiger partial charge in [0, 0.05) is 17.6 Å². The first kappa shape index (κ1) is 24.0. The van der Waals surface area contributed by atoms with Crippen molar-refractivity contribution in [2.24, 2.45) is 0 Å². The predicted molar refractivity (Wildman–Crippen MR) is 128 cm³/mol. The Hall–Kier alpha value is -4.18. The molecule has 1 amide bonds. The molecular formula is C25H21FN2O6S. The summed E-state index contributed by atoms with van der Waals surface area (Å²) in [5.74, 6) is -0.189. The van der Waals surface area contributed by atoms with E-state index >= 15 is 0 Å². The zero-order chi connectivity index (χ0) is 25.2. The lowest BCUT2D eigenvalue weighted by Crippen LogP contribution is -2.24. The highest BCUT2D eigenvalue weighted by Gasteiger charge is 2.24. The quantitative estimate of drug-likeness (QED) is 0.392. The molecule has 0 saturated heterocycles. The summed E-state index contributed by atoms with van der Waals surface area (Å²) in [4.78, 5) is 25.3. The normalized spacial score (nSPS) is 11.3. The van der Waals surface area contributed by atoms with Crippen molar-refractivity contribution in [1.82, 2.24) is 4.57 Å². The van der Waals surface area contributed by atoms with E-state index in [1.54, 1.807) is 36.4 Å². The van der Waals surface area contributed by atoms with Crippen molar-refractivity contribution < 1.29 is 27.1 Å².